The van der Waals surface area contributed by atoms with Gasteiger partial charge in [0.2, 0.25) is 0 Å². The summed E-state index contributed by atoms with van der Waals surface area (Å²) >= 11 is 0.0736. The Balaban J connectivity index is -0.000000499. The fourth-order valence-electron chi connectivity index (χ4n) is 3.11. The molecule has 0 bridgehead atoms. The van der Waals surface area contributed by atoms with Crippen LogP contribution in [0.3, 0.4) is 0 Å². The first-order valence-corrected chi connectivity index (χ1v) is 17.6. The summed E-state index contributed by atoms with van der Waals surface area (Å²) in [7, 11) is 0. The zero-order chi connectivity index (χ0) is 28.9. The van der Waals surface area contributed by atoms with Crippen molar-refractivity contribution >= 4 is 45.0 Å². The minimum atomic E-state index is -1.22. The Bertz CT molecular complexity index is 615. The van der Waals surface area contributed by atoms with E-state index in [1.165, 1.54) is 64.2 Å². The second-order valence-electron chi connectivity index (χ2n) is 8.62. The van der Waals surface area contributed by atoms with Crippen molar-refractivity contribution in [2.45, 2.75) is 126 Å². The normalized spacial score (nSPS) is 11.0. The second-order valence-corrected chi connectivity index (χ2v) is 12.9. The third-order valence-electron chi connectivity index (χ3n) is 5.32. The van der Waals surface area contributed by atoms with Gasteiger partial charge in [-0.1, -0.05) is 13.8 Å². The zero-order valence-corrected chi connectivity index (χ0v) is 26.2. The molecule has 0 atom stereocenters. The average Bonchev–Trinajstić information content (AvgIpc) is 2.84. The molecular weight excluding hydrogens is 583 g/mol. The third-order valence-corrected chi connectivity index (χ3v) is 9.36. The van der Waals surface area contributed by atoms with Gasteiger partial charge in [0.25, 0.3) is 0 Å². The topological polar surface area (TPSA) is 149 Å². The van der Waals surface area contributed by atoms with Gasteiger partial charge in [0.1, 0.15) is 0 Å². The maximum absolute atomic E-state index is 10.1. The molecule has 0 fully saturated rings. The Labute approximate surface area is 233 Å². The van der Waals surface area contributed by atoms with E-state index in [-0.39, 0.29) is 45.1 Å². The Kier molecular flexibility index (Phi) is 32.6. The monoisotopic (exact) mass is 634 g/mol. The van der Waals surface area contributed by atoms with Gasteiger partial charge in [-0.15, -0.1) is 0 Å². The molecule has 0 saturated heterocycles. The van der Waals surface area contributed by atoms with E-state index < -0.39 is 23.9 Å². The van der Waals surface area contributed by atoms with Crippen LogP contribution in [0.15, 0.2) is 23.3 Å². The molecule has 0 aromatic rings. The molecule has 0 aromatic heterocycles. The molecule has 2 radical (unpaired) electrons. The molecule has 0 heterocycles. The predicted octanol–water partition coefficient (Wildman–Crippen LogP) is 7.23. The molecule has 0 unspecified atom stereocenters. The van der Waals surface area contributed by atoms with E-state index in [0.29, 0.717) is 12.2 Å². The van der Waals surface area contributed by atoms with Crippen LogP contribution in [0.25, 0.3) is 0 Å². The van der Waals surface area contributed by atoms with Crippen molar-refractivity contribution in [1.29, 1.82) is 0 Å². The fourth-order valence-corrected chi connectivity index (χ4v) is 6.68. The van der Waals surface area contributed by atoms with E-state index >= 15 is 0 Å². The van der Waals surface area contributed by atoms with E-state index in [1.54, 1.807) is 35.6 Å². The molecule has 37 heavy (non-hydrogen) atoms. The van der Waals surface area contributed by atoms with Crippen LogP contribution in [0.2, 0.25) is 8.87 Å². The molecule has 0 aliphatic carbocycles. The summed E-state index contributed by atoms with van der Waals surface area (Å²) in [4.78, 5) is 40.1. The van der Waals surface area contributed by atoms with Crippen LogP contribution in [0.1, 0.15) is 118 Å². The number of unbranched alkanes of at least 4 members (excludes halogenated alkanes) is 10. The van der Waals surface area contributed by atoms with Gasteiger partial charge in [-0.3, -0.25) is 0 Å². The molecule has 0 spiro atoms. The van der Waals surface area contributed by atoms with Gasteiger partial charge in [0.15, 0.2) is 0 Å². The first-order valence-electron chi connectivity index (χ1n) is 13.6. The number of carbonyl (C=O) groups is 4. The Hall–Kier alpha value is -1.84. The molecule has 9 heteroatoms. The van der Waals surface area contributed by atoms with Crippen LogP contribution in [-0.2, 0) is 19.2 Å². The van der Waals surface area contributed by atoms with Crippen molar-refractivity contribution in [3.63, 3.8) is 0 Å². The van der Waals surface area contributed by atoms with Gasteiger partial charge in [-0.25, -0.2) is 19.2 Å². The Morgan fingerprint density at radius 2 is 0.811 bits per heavy atom. The maximum atomic E-state index is 10.1. The van der Waals surface area contributed by atoms with Gasteiger partial charge >= 0.3 is 145 Å². The molecule has 0 aliphatic rings. The Morgan fingerprint density at radius 1 is 0.514 bits per heavy atom. The van der Waals surface area contributed by atoms with Crippen molar-refractivity contribution in [2.24, 2.45) is 0 Å². The van der Waals surface area contributed by atoms with Crippen LogP contribution in [0.4, 0.5) is 0 Å². The van der Waals surface area contributed by atoms with Gasteiger partial charge in [-0.2, -0.15) is 0 Å². The molecule has 0 aromatic carbocycles. The van der Waals surface area contributed by atoms with Crippen LogP contribution in [0.5, 0.6) is 0 Å². The number of carboxylic acid groups (broad SMARTS) is 4. The molecule has 214 valence electrons. The van der Waals surface area contributed by atoms with E-state index in [9.17, 15) is 19.2 Å². The third kappa shape index (κ3) is 34.2. The first kappa shape index (κ1) is 39.7. The summed E-state index contributed by atoms with van der Waals surface area (Å²) in [5.41, 5.74) is -0.181. The van der Waals surface area contributed by atoms with E-state index in [0.717, 1.165) is 0 Å². The summed E-state index contributed by atoms with van der Waals surface area (Å²) in [6.07, 6.45) is 19.7. The van der Waals surface area contributed by atoms with Gasteiger partial charge < -0.3 is 20.4 Å². The second kappa shape index (κ2) is 30.4. The first-order chi connectivity index (χ1) is 17.6. The summed E-state index contributed by atoms with van der Waals surface area (Å²) in [5.74, 6) is -4.80. The summed E-state index contributed by atoms with van der Waals surface area (Å²) < 4.78 is 3.31. The van der Waals surface area contributed by atoms with Gasteiger partial charge in [0.05, 0.1) is 0 Å². The van der Waals surface area contributed by atoms with Crippen molar-refractivity contribution in [3.8, 4) is 0 Å². The van der Waals surface area contributed by atoms with Gasteiger partial charge in [-0.05, 0) is 12.8 Å². The van der Waals surface area contributed by atoms with Crippen LogP contribution in [-0.4, -0.2) is 65.4 Å². The van der Waals surface area contributed by atoms with Crippen molar-refractivity contribution in [3.05, 3.63) is 23.3 Å². The molecule has 8 nitrogen and oxygen atoms in total. The number of rotatable bonds is 20. The molecule has 0 aliphatic heterocycles. The summed E-state index contributed by atoms with van der Waals surface area (Å²) in [6.45, 7) is 7.77. The number of carboxylic acids is 4. The van der Waals surface area contributed by atoms with Gasteiger partial charge in [0, 0.05) is 23.3 Å². The van der Waals surface area contributed by atoms with E-state index in [4.69, 9.17) is 20.4 Å². The van der Waals surface area contributed by atoms with E-state index in [1.807, 2.05) is 0 Å². The minimum absolute atomic E-state index is 0.0736. The fraction of sp³-hybridized carbons (Fsp3) is 0.714. The zero-order valence-electron chi connectivity index (χ0n) is 23.4. The predicted molar refractivity (Wildman–Crippen MR) is 149 cm³/mol. The molecule has 0 amide bonds. The SMILES string of the molecule is CC/C(=C/C(=O)O)C(=O)O.CC/C(=C/C(=O)O)C(=O)O.CCCCCCC[CH2][Sn][CH2]CCCCCCC. The van der Waals surface area contributed by atoms with E-state index in [2.05, 4.69) is 13.8 Å². The number of aliphatic carboxylic acids is 4. The number of hydrogen-bond acceptors (Lipinski definition) is 4. The Morgan fingerprint density at radius 3 is 1.03 bits per heavy atom. The molecule has 0 rings (SSSR count). The van der Waals surface area contributed by atoms with Crippen LogP contribution < -0.4 is 0 Å². The molecular formula is C28H50O8Sn. The van der Waals surface area contributed by atoms with Crippen LogP contribution >= 0.6 is 0 Å². The van der Waals surface area contributed by atoms with Crippen molar-refractivity contribution < 1.29 is 39.6 Å². The van der Waals surface area contributed by atoms with Crippen molar-refractivity contribution in [1.82, 2.24) is 0 Å². The summed E-state index contributed by atoms with van der Waals surface area (Å²) in [5, 5.41) is 32.8. The molecule has 0 saturated carbocycles. The van der Waals surface area contributed by atoms with Crippen LogP contribution in [0, 0.1) is 0 Å². The van der Waals surface area contributed by atoms with Crippen molar-refractivity contribution in [2.75, 3.05) is 0 Å². The quantitative estimate of drug-likeness (QED) is 0.0623. The molecule has 4 N–H and O–H groups in total. The standard InChI is InChI=1S/2C8H17.2C6H8O4.Sn/c2*1-3-5-7-8-6-4-2;2*1-2-4(6(9)10)3-5(7)8;/h2*1,3-8H2,2H3;2*3H,2H2,1H3,(H,7,8)(H,9,10);/b;;2*4-3-;. The average molecular weight is 633 g/mol. The number of hydrogen-bond donors (Lipinski definition) is 4. The summed E-state index contributed by atoms with van der Waals surface area (Å²) in [6, 6.07) is 0.